The van der Waals surface area contributed by atoms with Crippen molar-refractivity contribution in [3.8, 4) is 11.6 Å². The van der Waals surface area contributed by atoms with Gasteiger partial charge in [-0.15, -0.1) is 0 Å². The number of aromatic nitrogens is 5. The molecular formula is C11H16N6O. The maximum absolute atomic E-state index is 6.40. The molecular weight excluding hydrogens is 232 g/mol. The van der Waals surface area contributed by atoms with Crippen LogP contribution in [0.25, 0.3) is 11.6 Å². The zero-order valence-corrected chi connectivity index (χ0v) is 10.3. The summed E-state index contributed by atoms with van der Waals surface area (Å²) in [6.07, 6.45) is 5.48. The lowest BCUT2D eigenvalue weighted by molar-refractivity contribution is 0.183. The average Bonchev–Trinajstić information content (AvgIpc) is 3.00. The van der Waals surface area contributed by atoms with Crippen LogP contribution in [0.5, 0.6) is 0 Å². The van der Waals surface area contributed by atoms with Gasteiger partial charge in [0.25, 0.3) is 0 Å². The number of hydrogen-bond acceptors (Lipinski definition) is 6. The van der Waals surface area contributed by atoms with Crippen LogP contribution in [-0.2, 0) is 5.54 Å². The highest BCUT2D eigenvalue weighted by Crippen LogP contribution is 2.37. The van der Waals surface area contributed by atoms with Gasteiger partial charge in [0.1, 0.15) is 6.33 Å². The van der Waals surface area contributed by atoms with Crippen molar-refractivity contribution >= 4 is 0 Å². The van der Waals surface area contributed by atoms with Crippen molar-refractivity contribution < 1.29 is 4.52 Å². The maximum Gasteiger partial charge on any atom is 0.247 e. The molecule has 0 amide bonds. The Balaban J connectivity index is 1.88. The van der Waals surface area contributed by atoms with Gasteiger partial charge in [-0.05, 0) is 18.8 Å². The summed E-state index contributed by atoms with van der Waals surface area (Å²) in [6.45, 7) is 2.20. The Morgan fingerprint density at radius 1 is 1.56 bits per heavy atom. The fourth-order valence-electron chi connectivity index (χ4n) is 2.62. The molecule has 1 aliphatic rings. The lowest BCUT2D eigenvalue weighted by Crippen LogP contribution is -2.41. The molecule has 2 unspecified atom stereocenters. The summed E-state index contributed by atoms with van der Waals surface area (Å²) in [6, 6.07) is 0. The molecule has 0 aliphatic heterocycles. The van der Waals surface area contributed by atoms with Crippen molar-refractivity contribution in [2.75, 3.05) is 0 Å². The molecule has 0 spiro atoms. The van der Waals surface area contributed by atoms with E-state index in [0.717, 1.165) is 19.3 Å². The van der Waals surface area contributed by atoms with Crippen LogP contribution >= 0.6 is 0 Å². The molecule has 0 aromatic carbocycles. The van der Waals surface area contributed by atoms with Crippen LogP contribution in [-0.4, -0.2) is 25.3 Å². The highest BCUT2D eigenvalue weighted by atomic mass is 16.5. The molecule has 7 nitrogen and oxygen atoms in total. The second-order valence-electron chi connectivity index (χ2n) is 5.11. The zero-order valence-electron chi connectivity index (χ0n) is 10.3. The van der Waals surface area contributed by atoms with Crippen molar-refractivity contribution in [2.45, 2.75) is 38.1 Å². The van der Waals surface area contributed by atoms with Crippen molar-refractivity contribution in [1.29, 1.82) is 0 Å². The summed E-state index contributed by atoms with van der Waals surface area (Å²) in [4.78, 5) is 8.34. The number of H-pyrrole nitrogens is 1. The Bertz CT molecular complexity index is 521. The SMILES string of the molecule is CC1CCCC(N)(c2nc(-c3ncn[nH]3)no2)C1. The molecule has 3 rings (SSSR count). The van der Waals surface area contributed by atoms with Crippen LogP contribution in [0.1, 0.15) is 38.5 Å². The molecule has 96 valence electrons. The van der Waals surface area contributed by atoms with Gasteiger partial charge in [0.05, 0.1) is 5.54 Å². The Morgan fingerprint density at radius 2 is 2.44 bits per heavy atom. The van der Waals surface area contributed by atoms with E-state index in [-0.39, 0.29) is 0 Å². The second-order valence-corrected chi connectivity index (χ2v) is 5.11. The van der Waals surface area contributed by atoms with Crippen LogP contribution < -0.4 is 5.73 Å². The smallest absolute Gasteiger partial charge is 0.247 e. The van der Waals surface area contributed by atoms with Gasteiger partial charge in [-0.25, -0.2) is 4.98 Å². The topological polar surface area (TPSA) is 107 Å². The van der Waals surface area contributed by atoms with Crippen molar-refractivity contribution in [3.63, 3.8) is 0 Å². The van der Waals surface area contributed by atoms with Crippen LogP contribution in [0.2, 0.25) is 0 Å². The fourth-order valence-corrected chi connectivity index (χ4v) is 2.62. The summed E-state index contributed by atoms with van der Waals surface area (Å²) < 4.78 is 5.31. The molecule has 0 radical (unpaired) electrons. The van der Waals surface area contributed by atoms with Crippen molar-refractivity contribution in [1.82, 2.24) is 25.3 Å². The van der Waals surface area contributed by atoms with E-state index in [1.807, 2.05) is 0 Å². The first-order valence-electron chi connectivity index (χ1n) is 6.16. The predicted octanol–water partition coefficient (Wildman–Crippen LogP) is 1.22. The Labute approximate surface area is 104 Å². The molecule has 1 fully saturated rings. The normalized spacial score (nSPS) is 28.4. The van der Waals surface area contributed by atoms with Gasteiger partial charge in [-0.1, -0.05) is 24.9 Å². The van der Waals surface area contributed by atoms with E-state index in [1.54, 1.807) is 0 Å². The van der Waals surface area contributed by atoms with Crippen LogP contribution in [0.3, 0.4) is 0 Å². The minimum absolute atomic E-state index is 0.408. The summed E-state index contributed by atoms with van der Waals surface area (Å²) >= 11 is 0. The Hall–Kier alpha value is -1.76. The second kappa shape index (κ2) is 4.16. The highest BCUT2D eigenvalue weighted by molar-refractivity contribution is 5.40. The molecule has 1 saturated carbocycles. The summed E-state index contributed by atoms with van der Waals surface area (Å²) in [7, 11) is 0. The van der Waals surface area contributed by atoms with E-state index in [0.29, 0.717) is 23.5 Å². The van der Waals surface area contributed by atoms with E-state index in [1.165, 1.54) is 12.7 Å². The highest BCUT2D eigenvalue weighted by Gasteiger charge is 2.38. The van der Waals surface area contributed by atoms with Gasteiger partial charge in [-0.3, -0.25) is 5.10 Å². The monoisotopic (exact) mass is 248 g/mol. The largest absolute Gasteiger partial charge is 0.337 e. The van der Waals surface area contributed by atoms with Gasteiger partial charge >= 0.3 is 0 Å². The maximum atomic E-state index is 6.40. The number of nitrogens with two attached hydrogens (primary N) is 1. The van der Waals surface area contributed by atoms with Crippen molar-refractivity contribution in [3.05, 3.63) is 12.2 Å². The molecule has 18 heavy (non-hydrogen) atoms. The number of rotatable bonds is 2. The first-order chi connectivity index (χ1) is 8.67. The Kier molecular flexibility index (Phi) is 2.62. The molecule has 3 N–H and O–H groups in total. The number of aromatic amines is 1. The molecule has 0 bridgehead atoms. The van der Waals surface area contributed by atoms with E-state index < -0.39 is 5.54 Å². The predicted molar refractivity (Wildman–Crippen MR) is 63.2 cm³/mol. The van der Waals surface area contributed by atoms with Crippen LogP contribution in [0, 0.1) is 5.92 Å². The molecule has 1 aliphatic carbocycles. The van der Waals surface area contributed by atoms with Gasteiger partial charge in [0.2, 0.25) is 11.7 Å². The number of nitrogens with zero attached hydrogens (tertiary/aromatic N) is 4. The zero-order chi connectivity index (χ0) is 12.6. The van der Waals surface area contributed by atoms with Gasteiger partial charge in [-0.2, -0.15) is 10.1 Å². The van der Waals surface area contributed by atoms with E-state index in [9.17, 15) is 0 Å². The van der Waals surface area contributed by atoms with E-state index in [4.69, 9.17) is 10.3 Å². The Morgan fingerprint density at radius 3 is 3.17 bits per heavy atom. The van der Waals surface area contributed by atoms with Gasteiger partial charge in [0.15, 0.2) is 5.82 Å². The average molecular weight is 248 g/mol. The minimum Gasteiger partial charge on any atom is -0.337 e. The third kappa shape index (κ3) is 1.90. The number of nitrogens with one attached hydrogen (secondary N) is 1. The van der Waals surface area contributed by atoms with Gasteiger partial charge < -0.3 is 10.3 Å². The minimum atomic E-state index is -0.497. The van der Waals surface area contributed by atoms with Crippen LogP contribution in [0.15, 0.2) is 10.9 Å². The summed E-state index contributed by atoms with van der Waals surface area (Å²) in [5, 5.41) is 10.4. The molecule has 0 saturated heterocycles. The lowest BCUT2D eigenvalue weighted by atomic mass is 9.77. The van der Waals surface area contributed by atoms with Gasteiger partial charge in [0, 0.05) is 0 Å². The summed E-state index contributed by atoms with van der Waals surface area (Å²) in [5.74, 6) is 1.99. The van der Waals surface area contributed by atoms with E-state index >= 15 is 0 Å². The quantitative estimate of drug-likeness (QED) is 0.827. The third-order valence-corrected chi connectivity index (χ3v) is 3.51. The van der Waals surface area contributed by atoms with E-state index in [2.05, 4.69) is 32.2 Å². The molecule has 2 heterocycles. The molecule has 2 atom stereocenters. The molecule has 7 heteroatoms. The van der Waals surface area contributed by atoms with Crippen molar-refractivity contribution in [2.24, 2.45) is 11.7 Å². The standard InChI is InChI=1S/C11H16N6O/c1-7-3-2-4-11(12,5-7)10-15-9(17-18-10)8-13-6-14-16-8/h6-7H,2-5,12H2,1H3,(H,13,14,16). The first kappa shape index (κ1) is 11.3. The molecule has 2 aromatic heterocycles. The number of hydrogen-bond donors (Lipinski definition) is 2. The first-order valence-corrected chi connectivity index (χ1v) is 6.16. The lowest BCUT2D eigenvalue weighted by Gasteiger charge is -2.33. The molecule has 2 aromatic rings. The fraction of sp³-hybridized carbons (Fsp3) is 0.636. The summed E-state index contributed by atoms with van der Waals surface area (Å²) in [5.41, 5.74) is 5.90. The third-order valence-electron chi connectivity index (χ3n) is 3.51. The van der Waals surface area contributed by atoms with Crippen LogP contribution in [0.4, 0.5) is 0 Å².